The molecule has 0 saturated carbocycles. The number of hydrogen-bond acceptors (Lipinski definition) is 4. The van der Waals surface area contributed by atoms with Gasteiger partial charge in [0, 0.05) is 30.2 Å². The average Bonchev–Trinajstić information content (AvgIpc) is 2.40. The minimum atomic E-state index is -0.550. The summed E-state index contributed by atoms with van der Waals surface area (Å²) < 4.78 is 0. The molecule has 5 heteroatoms. The molecule has 0 saturated heterocycles. The van der Waals surface area contributed by atoms with Gasteiger partial charge in [-0.2, -0.15) is 0 Å². The third-order valence-electron chi connectivity index (χ3n) is 2.67. The minimum absolute atomic E-state index is 0.0381. The highest BCUT2D eigenvalue weighted by molar-refractivity contribution is 5.91. The van der Waals surface area contributed by atoms with Crippen LogP contribution in [0.25, 0.3) is 0 Å². The van der Waals surface area contributed by atoms with Crippen LogP contribution in [0, 0.1) is 0 Å². The summed E-state index contributed by atoms with van der Waals surface area (Å²) in [4.78, 5) is 23.7. The predicted molar refractivity (Wildman–Crippen MR) is 66.9 cm³/mol. The zero-order valence-corrected chi connectivity index (χ0v) is 10.1. The molecule has 0 fully saturated rings. The number of amides is 1. The number of aromatic nitrogens is 3. The number of hydrogen-bond donors (Lipinski definition) is 1. The maximum atomic E-state index is 11.3. The fourth-order valence-electron chi connectivity index (χ4n) is 1.83. The van der Waals surface area contributed by atoms with E-state index in [1.165, 1.54) is 6.20 Å². The molecule has 2 N–H and O–H groups in total. The van der Waals surface area contributed by atoms with Crippen LogP contribution < -0.4 is 5.73 Å². The first-order valence-electron chi connectivity index (χ1n) is 5.69. The molecule has 0 aliphatic heterocycles. The monoisotopic (exact) mass is 242 g/mol. The van der Waals surface area contributed by atoms with Gasteiger partial charge in [0.1, 0.15) is 5.69 Å². The second-order valence-electron chi connectivity index (χ2n) is 4.08. The lowest BCUT2D eigenvalue weighted by atomic mass is 9.99. The molecule has 0 radical (unpaired) electrons. The van der Waals surface area contributed by atoms with Crippen molar-refractivity contribution in [3.63, 3.8) is 0 Å². The summed E-state index contributed by atoms with van der Waals surface area (Å²) >= 11 is 0. The molecule has 92 valence electrons. The first-order valence-corrected chi connectivity index (χ1v) is 5.69. The minimum Gasteiger partial charge on any atom is -0.364 e. The fraction of sp³-hybridized carbons (Fsp3) is 0.231. The van der Waals surface area contributed by atoms with E-state index < -0.39 is 5.91 Å². The molecule has 18 heavy (non-hydrogen) atoms. The number of rotatable bonds is 4. The first-order chi connectivity index (χ1) is 8.68. The van der Waals surface area contributed by atoms with Crippen molar-refractivity contribution in [3.8, 4) is 0 Å². The fourth-order valence-corrected chi connectivity index (χ4v) is 1.83. The van der Waals surface area contributed by atoms with Crippen LogP contribution in [0.2, 0.25) is 0 Å². The highest BCUT2D eigenvalue weighted by atomic mass is 16.1. The predicted octanol–water partition coefficient (Wildman–Crippen LogP) is 1.32. The van der Waals surface area contributed by atoms with Gasteiger partial charge in [-0.05, 0) is 18.6 Å². The van der Waals surface area contributed by atoms with Gasteiger partial charge in [0.05, 0.1) is 5.69 Å². The first kappa shape index (κ1) is 12.2. The molecule has 2 rings (SSSR count). The zero-order valence-electron chi connectivity index (χ0n) is 10.1. The molecule has 2 aromatic heterocycles. The van der Waals surface area contributed by atoms with Gasteiger partial charge < -0.3 is 5.73 Å². The smallest absolute Gasteiger partial charge is 0.269 e. The third kappa shape index (κ3) is 2.68. The summed E-state index contributed by atoms with van der Waals surface area (Å²) in [6, 6.07) is 5.74. The van der Waals surface area contributed by atoms with Crippen molar-refractivity contribution in [2.45, 2.75) is 19.3 Å². The van der Waals surface area contributed by atoms with Crippen LogP contribution in [0.4, 0.5) is 0 Å². The Morgan fingerprint density at radius 2 is 2.00 bits per heavy atom. The van der Waals surface area contributed by atoms with Gasteiger partial charge in [-0.3, -0.25) is 14.8 Å². The van der Waals surface area contributed by atoms with Crippen molar-refractivity contribution >= 4 is 5.91 Å². The molecule has 1 amide bonds. The van der Waals surface area contributed by atoms with Gasteiger partial charge in [0.2, 0.25) is 0 Å². The largest absolute Gasteiger partial charge is 0.364 e. The maximum Gasteiger partial charge on any atom is 0.269 e. The Hall–Kier alpha value is -2.30. The SMILES string of the molecule is CC(Cc1ccccn1)c1nccnc1C(N)=O. The van der Waals surface area contributed by atoms with Crippen LogP contribution in [0.15, 0.2) is 36.8 Å². The van der Waals surface area contributed by atoms with Gasteiger partial charge in [0.25, 0.3) is 5.91 Å². The van der Waals surface area contributed by atoms with Crippen molar-refractivity contribution in [2.75, 3.05) is 0 Å². The van der Waals surface area contributed by atoms with Crippen LogP contribution in [0.1, 0.15) is 34.7 Å². The molecule has 2 aromatic rings. The van der Waals surface area contributed by atoms with E-state index >= 15 is 0 Å². The maximum absolute atomic E-state index is 11.3. The van der Waals surface area contributed by atoms with Crippen molar-refractivity contribution < 1.29 is 4.79 Å². The molecule has 0 aliphatic rings. The Bertz CT molecular complexity index is 542. The van der Waals surface area contributed by atoms with Crippen LogP contribution in [-0.2, 0) is 6.42 Å². The van der Waals surface area contributed by atoms with E-state index in [1.54, 1.807) is 12.4 Å². The number of nitrogens with two attached hydrogens (primary N) is 1. The lowest BCUT2D eigenvalue weighted by molar-refractivity contribution is 0.0993. The summed E-state index contributed by atoms with van der Waals surface area (Å²) in [5.41, 5.74) is 7.10. The normalized spacial score (nSPS) is 12.1. The van der Waals surface area contributed by atoms with Gasteiger partial charge in [0.15, 0.2) is 0 Å². The van der Waals surface area contributed by atoms with Gasteiger partial charge >= 0.3 is 0 Å². The van der Waals surface area contributed by atoms with Gasteiger partial charge in [-0.1, -0.05) is 13.0 Å². The molecule has 5 nitrogen and oxygen atoms in total. The van der Waals surface area contributed by atoms with Gasteiger partial charge in [-0.25, -0.2) is 4.98 Å². The molecule has 1 atom stereocenters. The number of pyridine rings is 1. The lowest BCUT2D eigenvalue weighted by Gasteiger charge is -2.12. The molecule has 2 heterocycles. The average molecular weight is 242 g/mol. The molecule has 0 spiro atoms. The topological polar surface area (TPSA) is 81.8 Å². The van der Waals surface area contributed by atoms with E-state index in [1.807, 2.05) is 25.1 Å². The Morgan fingerprint density at radius 3 is 2.67 bits per heavy atom. The van der Waals surface area contributed by atoms with E-state index in [4.69, 9.17) is 5.73 Å². The summed E-state index contributed by atoms with van der Waals surface area (Å²) in [6.07, 6.45) is 5.47. The van der Waals surface area contributed by atoms with E-state index in [0.717, 1.165) is 5.69 Å². The number of carbonyl (C=O) groups is 1. The van der Waals surface area contributed by atoms with E-state index in [0.29, 0.717) is 12.1 Å². The van der Waals surface area contributed by atoms with Crippen molar-refractivity contribution in [1.29, 1.82) is 0 Å². The molecule has 0 bridgehead atoms. The summed E-state index contributed by atoms with van der Waals surface area (Å²) in [6.45, 7) is 1.98. The van der Waals surface area contributed by atoms with Crippen molar-refractivity contribution in [2.24, 2.45) is 5.73 Å². The lowest BCUT2D eigenvalue weighted by Crippen LogP contribution is -2.18. The highest BCUT2D eigenvalue weighted by Crippen LogP contribution is 2.19. The number of primary amides is 1. The van der Waals surface area contributed by atoms with Crippen molar-refractivity contribution in [1.82, 2.24) is 15.0 Å². The van der Waals surface area contributed by atoms with Crippen molar-refractivity contribution in [3.05, 3.63) is 53.9 Å². The van der Waals surface area contributed by atoms with Gasteiger partial charge in [-0.15, -0.1) is 0 Å². The molecule has 1 unspecified atom stereocenters. The summed E-state index contributed by atoms with van der Waals surface area (Å²) in [7, 11) is 0. The molecule has 0 aromatic carbocycles. The van der Waals surface area contributed by atoms with Crippen LogP contribution in [0.5, 0.6) is 0 Å². The Labute approximate surface area is 105 Å². The Morgan fingerprint density at radius 1 is 1.22 bits per heavy atom. The van der Waals surface area contributed by atoms with Crippen LogP contribution in [0.3, 0.4) is 0 Å². The standard InChI is InChI=1S/C13H14N4O/c1-9(8-10-4-2-3-5-15-10)11-12(13(14)18)17-7-6-16-11/h2-7,9H,8H2,1H3,(H2,14,18). The van der Waals surface area contributed by atoms with E-state index in [9.17, 15) is 4.79 Å². The second kappa shape index (κ2) is 5.35. The third-order valence-corrected chi connectivity index (χ3v) is 2.67. The van der Waals surface area contributed by atoms with E-state index in [-0.39, 0.29) is 11.6 Å². The van der Waals surface area contributed by atoms with Crippen LogP contribution in [-0.4, -0.2) is 20.9 Å². The molecule has 0 aliphatic carbocycles. The molecular weight excluding hydrogens is 228 g/mol. The Kier molecular flexibility index (Phi) is 3.62. The van der Waals surface area contributed by atoms with E-state index in [2.05, 4.69) is 15.0 Å². The molecular formula is C13H14N4O. The number of nitrogens with zero attached hydrogens (tertiary/aromatic N) is 3. The Balaban J connectivity index is 2.24. The second-order valence-corrected chi connectivity index (χ2v) is 4.08. The quantitative estimate of drug-likeness (QED) is 0.876. The number of carbonyl (C=O) groups excluding carboxylic acids is 1. The summed E-state index contributed by atoms with van der Waals surface area (Å²) in [5, 5.41) is 0. The highest BCUT2D eigenvalue weighted by Gasteiger charge is 2.17. The van der Waals surface area contributed by atoms with Crippen LogP contribution >= 0.6 is 0 Å². The zero-order chi connectivity index (χ0) is 13.0. The summed E-state index contributed by atoms with van der Waals surface area (Å²) in [5.74, 6) is -0.512.